The number of aromatic amines is 2. The van der Waals surface area contributed by atoms with Crippen LogP contribution in [0.3, 0.4) is 0 Å². The molecule has 58 heavy (non-hydrogen) atoms. The van der Waals surface area contributed by atoms with Crippen molar-refractivity contribution < 1.29 is 38.1 Å². The van der Waals surface area contributed by atoms with Crippen molar-refractivity contribution in [1.82, 2.24) is 40.4 Å². The first kappa shape index (κ1) is 44.7. The van der Waals surface area contributed by atoms with Crippen LogP contribution in [0.15, 0.2) is 36.7 Å². The van der Waals surface area contributed by atoms with Crippen molar-refractivity contribution in [2.24, 2.45) is 0 Å². The summed E-state index contributed by atoms with van der Waals surface area (Å²) in [7, 11) is 2.50. The number of benzene rings is 2. The highest BCUT2D eigenvalue weighted by Crippen LogP contribution is 2.50. The normalized spacial score (nSPS) is 11.5. The molecule has 0 radical (unpaired) electrons. The van der Waals surface area contributed by atoms with Gasteiger partial charge in [0.05, 0.1) is 51.1 Å². The zero-order valence-electron chi connectivity index (χ0n) is 35.0. The first-order valence-corrected chi connectivity index (χ1v) is 19.9. The number of aromatic nitrogens is 4. The molecular formula is C42H58N8O8. The molecule has 4 amide bonds. The number of H-pyrrole nitrogens is 2. The largest absolute Gasteiger partial charge is 0.488 e. The number of nitrogens with zero attached hydrogens (tertiary/aromatic N) is 4. The molecule has 0 saturated heterocycles. The molecule has 0 aliphatic carbocycles. The Bertz CT molecular complexity index is 1820. The number of hydrogen-bond acceptors (Lipinski definition) is 10. The van der Waals surface area contributed by atoms with Gasteiger partial charge in [0, 0.05) is 46.5 Å². The summed E-state index contributed by atoms with van der Waals surface area (Å²) in [6.07, 6.45) is 6.14. The van der Waals surface area contributed by atoms with Crippen LogP contribution >= 0.6 is 0 Å². The van der Waals surface area contributed by atoms with Gasteiger partial charge in [-0.1, -0.05) is 54.4 Å². The number of amides is 4. The summed E-state index contributed by atoms with van der Waals surface area (Å²) in [5, 5.41) is 4.87. The molecule has 2 aliphatic heterocycles. The van der Waals surface area contributed by atoms with E-state index in [2.05, 4.69) is 79.9 Å². The minimum Gasteiger partial charge on any atom is -0.488 e. The van der Waals surface area contributed by atoms with Gasteiger partial charge in [0.25, 0.3) is 0 Å². The highest BCUT2D eigenvalue weighted by molar-refractivity contribution is 5.88. The second-order valence-corrected chi connectivity index (χ2v) is 13.8. The minimum absolute atomic E-state index is 0.168. The van der Waals surface area contributed by atoms with Crippen LogP contribution in [0.25, 0.3) is 33.6 Å². The second-order valence-electron chi connectivity index (χ2n) is 13.8. The lowest BCUT2D eigenvalue weighted by molar-refractivity contribution is -0.131. The van der Waals surface area contributed by atoms with E-state index in [4.69, 9.17) is 9.47 Å². The molecule has 2 aliphatic rings. The molecule has 0 bridgehead atoms. The number of imidazole rings is 2. The lowest BCUT2D eigenvalue weighted by atomic mass is 9.87. The van der Waals surface area contributed by atoms with Gasteiger partial charge in [-0.15, -0.1) is 0 Å². The van der Waals surface area contributed by atoms with Crippen molar-refractivity contribution in [2.45, 2.75) is 93.5 Å². The molecule has 16 heteroatoms. The molecule has 6 rings (SSSR count). The predicted octanol–water partition coefficient (Wildman–Crippen LogP) is 6.94. The molecule has 2 aromatic carbocycles. The molecular weight excluding hydrogens is 745 g/mol. The third-order valence-corrected chi connectivity index (χ3v) is 8.78. The third kappa shape index (κ3) is 11.5. The van der Waals surface area contributed by atoms with Crippen molar-refractivity contribution in [2.75, 3.05) is 40.4 Å². The Balaban J connectivity index is 0.00000117. The molecule has 4 N–H and O–H groups in total. The summed E-state index contributed by atoms with van der Waals surface area (Å²) >= 11 is 0. The Morgan fingerprint density at radius 1 is 0.655 bits per heavy atom. The lowest BCUT2D eigenvalue weighted by Crippen LogP contribution is -2.40. The number of carbonyl (C=O) groups excluding carboxylic acids is 4. The van der Waals surface area contributed by atoms with Gasteiger partial charge in [0.15, 0.2) is 0 Å². The SMILES string of the molecule is CCC.CCC.CCCN(Cc1ncc(-c2cc3c4c(c2)OCc2cc(-c5cnc(CN(CCC)C(=O)CNC(=O)OC)[nH]5)cc(c2-4)OC3)[nH]1)C(=O)CNC(=O)OC. The Kier molecular flexibility index (Phi) is 17.0. The van der Waals surface area contributed by atoms with Gasteiger partial charge in [-0.25, -0.2) is 19.6 Å². The summed E-state index contributed by atoms with van der Waals surface area (Å²) in [6, 6.07) is 8.10. The monoisotopic (exact) mass is 802 g/mol. The zero-order valence-corrected chi connectivity index (χ0v) is 35.0. The lowest BCUT2D eigenvalue weighted by Gasteiger charge is -2.30. The zero-order chi connectivity index (χ0) is 42.2. The molecule has 2 aromatic heterocycles. The highest BCUT2D eigenvalue weighted by Gasteiger charge is 2.30. The summed E-state index contributed by atoms with van der Waals surface area (Å²) in [4.78, 5) is 67.5. The van der Waals surface area contributed by atoms with E-state index in [1.807, 2.05) is 26.0 Å². The number of methoxy groups -OCH3 is 2. The van der Waals surface area contributed by atoms with E-state index in [0.29, 0.717) is 38.0 Å². The molecule has 4 heterocycles. The van der Waals surface area contributed by atoms with Crippen LogP contribution in [0, 0.1) is 0 Å². The van der Waals surface area contributed by atoms with Gasteiger partial charge in [0.2, 0.25) is 11.8 Å². The average Bonchev–Trinajstić information content (AvgIpc) is 3.91. The fourth-order valence-corrected chi connectivity index (χ4v) is 6.32. The molecule has 4 aromatic rings. The fourth-order valence-electron chi connectivity index (χ4n) is 6.32. The molecule has 0 spiro atoms. The quantitative estimate of drug-likeness (QED) is 0.104. The first-order valence-electron chi connectivity index (χ1n) is 19.9. The maximum atomic E-state index is 12.8. The number of nitrogens with one attached hydrogen (secondary N) is 4. The third-order valence-electron chi connectivity index (χ3n) is 8.78. The van der Waals surface area contributed by atoms with Crippen LogP contribution in [0.2, 0.25) is 0 Å². The van der Waals surface area contributed by atoms with E-state index in [1.54, 1.807) is 22.2 Å². The smallest absolute Gasteiger partial charge is 0.407 e. The Morgan fingerprint density at radius 2 is 1.03 bits per heavy atom. The summed E-state index contributed by atoms with van der Waals surface area (Å²) in [5.41, 5.74) is 7.25. The molecule has 0 fully saturated rings. The van der Waals surface area contributed by atoms with E-state index >= 15 is 0 Å². The van der Waals surface area contributed by atoms with Gasteiger partial charge in [0.1, 0.15) is 49.5 Å². The van der Waals surface area contributed by atoms with Crippen molar-refractivity contribution in [3.63, 3.8) is 0 Å². The maximum Gasteiger partial charge on any atom is 0.407 e. The topological polar surface area (TPSA) is 193 Å². The van der Waals surface area contributed by atoms with Crippen LogP contribution in [0.1, 0.15) is 90.0 Å². The number of carbonyl (C=O) groups is 4. The van der Waals surface area contributed by atoms with E-state index in [-0.39, 0.29) is 38.0 Å². The van der Waals surface area contributed by atoms with Gasteiger partial charge in [-0.3, -0.25) is 9.59 Å². The maximum absolute atomic E-state index is 12.8. The molecule has 16 nitrogen and oxygen atoms in total. The van der Waals surface area contributed by atoms with E-state index in [0.717, 1.165) is 69.1 Å². The summed E-state index contributed by atoms with van der Waals surface area (Å²) in [5.74, 6) is 2.24. The van der Waals surface area contributed by atoms with Crippen LogP contribution in [0.4, 0.5) is 9.59 Å². The molecule has 0 atom stereocenters. The first-order chi connectivity index (χ1) is 28.0. The minimum atomic E-state index is -0.663. The average molecular weight is 803 g/mol. The van der Waals surface area contributed by atoms with Crippen molar-refractivity contribution >= 4 is 24.0 Å². The van der Waals surface area contributed by atoms with Crippen molar-refractivity contribution in [3.8, 4) is 45.1 Å². The van der Waals surface area contributed by atoms with E-state index in [1.165, 1.54) is 27.1 Å². The van der Waals surface area contributed by atoms with Crippen LogP contribution in [0.5, 0.6) is 11.5 Å². The van der Waals surface area contributed by atoms with Crippen molar-refractivity contribution in [3.05, 3.63) is 59.4 Å². The van der Waals surface area contributed by atoms with E-state index in [9.17, 15) is 19.2 Å². The number of rotatable bonds is 14. The molecule has 0 unspecified atom stereocenters. The van der Waals surface area contributed by atoms with Gasteiger partial charge in [-0.2, -0.15) is 0 Å². The number of hydrogen-bond donors (Lipinski definition) is 4. The Morgan fingerprint density at radius 3 is 1.38 bits per heavy atom. The molecule has 314 valence electrons. The second kappa shape index (κ2) is 22.0. The fraction of sp³-hybridized carbons (Fsp3) is 0.476. The highest BCUT2D eigenvalue weighted by atomic mass is 16.5. The Hall–Kier alpha value is -6.06. The summed E-state index contributed by atoms with van der Waals surface area (Å²) < 4.78 is 21.8. The number of alkyl carbamates (subject to hydrolysis) is 2. The van der Waals surface area contributed by atoms with Crippen LogP contribution < -0.4 is 20.1 Å². The summed E-state index contributed by atoms with van der Waals surface area (Å²) in [6.45, 7) is 14.3. The van der Waals surface area contributed by atoms with Gasteiger partial charge in [-0.05, 0) is 37.1 Å². The van der Waals surface area contributed by atoms with Crippen molar-refractivity contribution in [1.29, 1.82) is 0 Å². The van der Waals surface area contributed by atoms with Gasteiger partial charge < -0.3 is 49.3 Å². The number of ether oxygens (including phenoxy) is 4. The van der Waals surface area contributed by atoms with Crippen LogP contribution in [-0.4, -0.2) is 94.1 Å². The predicted molar refractivity (Wildman–Crippen MR) is 220 cm³/mol. The van der Waals surface area contributed by atoms with Crippen LogP contribution in [-0.2, 0) is 45.4 Å². The standard InChI is InChI=1S/C36H42N8O8.2C3H8/c1-5-7-43(31(45)15-39-35(47)49-3)17-29-37-13-25(41-29)21-9-23-19-52-28-12-22(10-24-20-51-27(11-21)33(23)34(24)28)26-14-38-30(42-26)18-44(8-6-2)32(46)16-40-36(48)50-4;2*1-3-2/h9-14H,5-8,15-20H2,1-4H3,(H,37,41)(H,38,42)(H,39,47)(H,40,48);2*3H2,1-2H3. The molecule has 0 saturated carbocycles. The Labute approximate surface area is 340 Å². The van der Waals surface area contributed by atoms with E-state index < -0.39 is 12.2 Å². The van der Waals surface area contributed by atoms with Gasteiger partial charge >= 0.3 is 12.2 Å².